The summed E-state index contributed by atoms with van der Waals surface area (Å²) in [5.41, 5.74) is 7.38. The van der Waals surface area contributed by atoms with Crippen molar-refractivity contribution in [3.05, 3.63) is 75.8 Å². The first-order valence-corrected chi connectivity index (χ1v) is 8.66. The maximum atomic E-state index is 10.7. The number of aliphatic hydroxyl groups is 3. The van der Waals surface area contributed by atoms with Crippen molar-refractivity contribution in [2.75, 3.05) is 13.2 Å². The van der Waals surface area contributed by atoms with Gasteiger partial charge >= 0.3 is 0 Å². The topological polar surface area (TPSA) is 142 Å². The van der Waals surface area contributed by atoms with Gasteiger partial charge in [0.1, 0.15) is 0 Å². The third kappa shape index (κ3) is 6.09. The van der Waals surface area contributed by atoms with Gasteiger partial charge in [-0.15, -0.1) is 0 Å². The van der Waals surface area contributed by atoms with Gasteiger partial charge in [0.2, 0.25) is 0 Å². The van der Waals surface area contributed by atoms with E-state index in [0.29, 0.717) is 12.0 Å². The lowest BCUT2D eigenvalue weighted by molar-refractivity contribution is -0.384. The van der Waals surface area contributed by atoms with E-state index in [2.05, 4.69) is 5.32 Å². The first-order chi connectivity index (χ1) is 12.9. The normalized spacial score (nSPS) is 15.7. The number of nitro benzene ring substituents is 1. The van der Waals surface area contributed by atoms with Crippen molar-refractivity contribution in [3.8, 4) is 0 Å². The third-order valence-corrected chi connectivity index (χ3v) is 4.42. The second kappa shape index (κ2) is 10.1. The summed E-state index contributed by atoms with van der Waals surface area (Å²) in [5, 5.41) is 43.8. The monoisotopic (exact) mass is 375 g/mol. The van der Waals surface area contributed by atoms with Gasteiger partial charge in [0.05, 0.1) is 29.8 Å². The highest BCUT2D eigenvalue weighted by molar-refractivity contribution is 5.34. The molecule has 0 heterocycles. The minimum atomic E-state index is -1.09. The average Bonchev–Trinajstić information content (AvgIpc) is 2.68. The van der Waals surface area contributed by atoms with Crippen LogP contribution in [-0.4, -0.2) is 51.6 Å². The van der Waals surface area contributed by atoms with Crippen LogP contribution in [-0.2, 0) is 6.42 Å². The highest BCUT2D eigenvalue weighted by Crippen LogP contribution is 2.20. The van der Waals surface area contributed by atoms with Gasteiger partial charge < -0.3 is 26.4 Å². The average molecular weight is 375 g/mol. The number of non-ortho nitro benzene ring substituents is 1. The maximum Gasteiger partial charge on any atom is 0.269 e. The van der Waals surface area contributed by atoms with Crippen molar-refractivity contribution >= 4 is 5.69 Å². The minimum Gasteiger partial charge on any atom is -0.395 e. The molecule has 2 rings (SSSR count). The van der Waals surface area contributed by atoms with E-state index in [9.17, 15) is 25.4 Å². The van der Waals surface area contributed by atoms with E-state index in [-0.39, 0.29) is 18.8 Å². The Morgan fingerprint density at radius 1 is 1.07 bits per heavy atom. The molecule has 27 heavy (non-hydrogen) atoms. The molecule has 4 atom stereocenters. The van der Waals surface area contributed by atoms with E-state index in [4.69, 9.17) is 5.73 Å². The van der Waals surface area contributed by atoms with Crippen LogP contribution in [0.3, 0.4) is 0 Å². The smallest absolute Gasteiger partial charge is 0.269 e. The van der Waals surface area contributed by atoms with E-state index >= 15 is 0 Å². The molecule has 2 aromatic rings. The van der Waals surface area contributed by atoms with Gasteiger partial charge in [-0.1, -0.05) is 30.3 Å². The number of rotatable bonds is 10. The summed E-state index contributed by atoms with van der Waals surface area (Å²) in [4.78, 5) is 10.2. The minimum absolute atomic E-state index is 0.0817. The number of nitrogens with zero attached hydrogens (tertiary/aromatic N) is 1. The molecule has 1 unspecified atom stereocenters. The van der Waals surface area contributed by atoms with Crippen LogP contribution >= 0.6 is 0 Å². The van der Waals surface area contributed by atoms with Gasteiger partial charge in [-0.25, -0.2) is 0 Å². The van der Waals surface area contributed by atoms with Gasteiger partial charge in [-0.2, -0.15) is 0 Å². The van der Waals surface area contributed by atoms with Crippen molar-refractivity contribution in [1.82, 2.24) is 5.32 Å². The molecule has 6 N–H and O–H groups in total. The van der Waals surface area contributed by atoms with Crippen molar-refractivity contribution in [2.24, 2.45) is 5.73 Å². The van der Waals surface area contributed by atoms with Crippen LogP contribution < -0.4 is 11.1 Å². The molecule has 0 saturated heterocycles. The van der Waals surface area contributed by atoms with E-state index in [1.165, 1.54) is 24.3 Å². The Bertz CT molecular complexity index is 711. The van der Waals surface area contributed by atoms with Crippen LogP contribution in [0, 0.1) is 10.1 Å². The highest BCUT2D eigenvalue weighted by Gasteiger charge is 2.23. The van der Waals surface area contributed by atoms with E-state index < -0.39 is 29.2 Å². The number of hydrogen-bond donors (Lipinski definition) is 5. The fraction of sp³-hybridized carbons (Fsp3) is 0.368. The lowest BCUT2D eigenvalue weighted by Crippen LogP contribution is -2.48. The quantitative estimate of drug-likeness (QED) is 0.301. The summed E-state index contributed by atoms with van der Waals surface area (Å²) in [6, 6.07) is 13.7. The zero-order chi connectivity index (χ0) is 19.8. The maximum absolute atomic E-state index is 10.7. The summed E-state index contributed by atoms with van der Waals surface area (Å²) in [6.45, 7) is -0.290. The molecule has 8 nitrogen and oxygen atoms in total. The molecule has 0 aliphatic carbocycles. The largest absolute Gasteiger partial charge is 0.395 e. The van der Waals surface area contributed by atoms with Crippen LogP contribution in [0.2, 0.25) is 0 Å². The molecule has 0 amide bonds. The molecular formula is C19H25N3O5. The predicted molar refractivity (Wildman–Crippen MR) is 101 cm³/mol. The van der Waals surface area contributed by atoms with Gasteiger partial charge in [0.25, 0.3) is 5.69 Å². The fourth-order valence-electron chi connectivity index (χ4n) is 2.75. The van der Waals surface area contributed by atoms with Crippen LogP contribution in [0.15, 0.2) is 54.6 Å². The number of benzene rings is 2. The van der Waals surface area contributed by atoms with E-state index in [0.717, 1.165) is 5.56 Å². The number of hydrogen-bond acceptors (Lipinski definition) is 7. The lowest BCUT2D eigenvalue weighted by Gasteiger charge is -2.26. The van der Waals surface area contributed by atoms with Gasteiger partial charge in [-0.3, -0.25) is 10.1 Å². The Morgan fingerprint density at radius 3 is 2.26 bits per heavy atom. The molecule has 0 aromatic heterocycles. The zero-order valence-electron chi connectivity index (χ0n) is 14.8. The molecule has 2 aromatic carbocycles. The molecule has 0 saturated carbocycles. The molecule has 8 heteroatoms. The van der Waals surface area contributed by atoms with Crippen LogP contribution in [0.4, 0.5) is 5.69 Å². The molecule has 146 valence electrons. The Labute approximate surface area is 157 Å². The Kier molecular flexibility index (Phi) is 7.83. The van der Waals surface area contributed by atoms with Gasteiger partial charge in [0.15, 0.2) is 0 Å². The Morgan fingerprint density at radius 2 is 1.70 bits per heavy atom. The summed E-state index contributed by atoms with van der Waals surface area (Å²) >= 11 is 0. The number of nitrogens with two attached hydrogens (primary N) is 1. The molecule has 0 bridgehead atoms. The first-order valence-electron chi connectivity index (χ1n) is 8.66. The number of aliphatic hydroxyl groups excluding tert-OH is 3. The first kappa shape index (κ1) is 20.9. The third-order valence-electron chi connectivity index (χ3n) is 4.42. The Hall–Kier alpha value is -2.36. The SMILES string of the molecule is N[C@@H](Cc1ccccc1)[C@H](O)CN[C@@H](CO)C(O)c1ccc([N+](=O)[O-])cc1. The number of nitrogens with one attached hydrogen (secondary N) is 1. The van der Waals surface area contributed by atoms with Crippen molar-refractivity contribution in [2.45, 2.75) is 30.7 Å². The molecule has 0 fully saturated rings. The Balaban J connectivity index is 1.90. The number of nitro groups is 1. The summed E-state index contributed by atoms with van der Waals surface area (Å²) < 4.78 is 0. The van der Waals surface area contributed by atoms with Crippen molar-refractivity contribution in [1.29, 1.82) is 0 Å². The van der Waals surface area contributed by atoms with Crippen molar-refractivity contribution in [3.63, 3.8) is 0 Å². The van der Waals surface area contributed by atoms with E-state index in [1.54, 1.807) is 0 Å². The summed E-state index contributed by atoms with van der Waals surface area (Å²) in [7, 11) is 0. The molecule has 0 aliphatic rings. The van der Waals surface area contributed by atoms with Crippen LogP contribution in [0.25, 0.3) is 0 Å². The fourth-order valence-corrected chi connectivity index (χ4v) is 2.75. The van der Waals surface area contributed by atoms with Gasteiger partial charge in [-0.05, 0) is 29.7 Å². The van der Waals surface area contributed by atoms with Crippen molar-refractivity contribution < 1.29 is 20.2 Å². The summed E-state index contributed by atoms with van der Waals surface area (Å²) in [6.07, 6.45) is -1.46. The van der Waals surface area contributed by atoms with Gasteiger partial charge in [0, 0.05) is 24.7 Å². The standard InChI is InChI=1S/C19H25N3O5/c20-16(10-13-4-2-1-3-5-13)18(24)11-21-17(12-23)19(25)14-6-8-15(9-7-14)22(26)27/h1-9,16-19,21,23-25H,10-12,20H2/t16-,17-,18+,19?/m0/s1. The molecule has 0 spiro atoms. The predicted octanol–water partition coefficient (Wildman–Crippen LogP) is 0.510. The molecular weight excluding hydrogens is 350 g/mol. The highest BCUT2D eigenvalue weighted by atomic mass is 16.6. The molecule has 0 aliphatic heterocycles. The molecule has 0 radical (unpaired) electrons. The van der Waals surface area contributed by atoms with Crippen LogP contribution in [0.1, 0.15) is 17.2 Å². The second-order valence-corrected chi connectivity index (χ2v) is 6.41. The van der Waals surface area contributed by atoms with E-state index in [1.807, 2.05) is 30.3 Å². The lowest BCUT2D eigenvalue weighted by atomic mass is 10.00. The second-order valence-electron chi connectivity index (χ2n) is 6.41. The summed E-state index contributed by atoms with van der Waals surface area (Å²) in [5.74, 6) is 0. The zero-order valence-corrected chi connectivity index (χ0v) is 14.8. The van der Waals surface area contributed by atoms with Crippen LogP contribution in [0.5, 0.6) is 0 Å².